The molecule has 5 heteroatoms. The molecule has 1 atom stereocenters. The highest BCUT2D eigenvalue weighted by atomic mass is 35.5. The van der Waals surface area contributed by atoms with Crippen LogP contribution in [0.2, 0.25) is 10.0 Å². The quantitative estimate of drug-likeness (QED) is 0.835. The Labute approximate surface area is 104 Å². The summed E-state index contributed by atoms with van der Waals surface area (Å²) in [6, 6.07) is 4.97. The molecule has 1 rings (SSSR count). The van der Waals surface area contributed by atoms with E-state index in [1.807, 2.05) is 6.92 Å². The van der Waals surface area contributed by atoms with Crippen molar-refractivity contribution in [2.45, 2.75) is 13.0 Å². The standard InChI is InChI=1S/C10H10Cl3NO/c1-6(14-10(15)5-11)8-3-2-7(12)4-9(8)13/h2-4,6H,5H2,1H3,(H,14,15)/t6-/m1/s1. The largest absolute Gasteiger partial charge is 0.348 e. The van der Waals surface area contributed by atoms with E-state index in [1.54, 1.807) is 18.2 Å². The van der Waals surface area contributed by atoms with Crippen LogP contribution in [0.5, 0.6) is 0 Å². The van der Waals surface area contributed by atoms with E-state index in [1.165, 1.54) is 0 Å². The highest BCUT2D eigenvalue weighted by Crippen LogP contribution is 2.25. The molecule has 0 unspecified atom stereocenters. The Hall–Kier alpha value is -0.440. The number of hydrogen-bond donors (Lipinski definition) is 1. The van der Waals surface area contributed by atoms with Gasteiger partial charge in [0.15, 0.2) is 0 Å². The second kappa shape index (κ2) is 5.59. The molecule has 0 radical (unpaired) electrons. The number of amides is 1. The predicted octanol–water partition coefficient (Wildman–Crippen LogP) is 3.41. The van der Waals surface area contributed by atoms with Gasteiger partial charge in [-0.1, -0.05) is 29.3 Å². The molecule has 0 saturated carbocycles. The van der Waals surface area contributed by atoms with Gasteiger partial charge in [0.2, 0.25) is 5.91 Å². The number of carbonyl (C=O) groups excluding carboxylic acids is 1. The molecule has 0 bridgehead atoms. The molecule has 0 aliphatic rings. The van der Waals surface area contributed by atoms with Crippen LogP contribution in [-0.2, 0) is 4.79 Å². The molecule has 0 aliphatic heterocycles. The molecule has 15 heavy (non-hydrogen) atoms. The van der Waals surface area contributed by atoms with Gasteiger partial charge in [-0.15, -0.1) is 11.6 Å². The fourth-order valence-corrected chi connectivity index (χ4v) is 1.86. The first kappa shape index (κ1) is 12.6. The molecule has 0 aromatic heterocycles. The van der Waals surface area contributed by atoms with Gasteiger partial charge in [0, 0.05) is 10.0 Å². The van der Waals surface area contributed by atoms with Crippen molar-refractivity contribution in [1.82, 2.24) is 5.32 Å². The zero-order valence-corrected chi connectivity index (χ0v) is 10.3. The first-order valence-electron chi connectivity index (χ1n) is 4.35. The summed E-state index contributed by atoms with van der Waals surface area (Å²) in [5.74, 6) is -0.287. The Kier molecular flexibility index (Phi) is 4.71. The third-order valence-corrected chi connectivity index (χ3v) is 2.73. The summed E-state index contributed by atoms with van der Waals surface area (Å²) in [5.41, 5.74) is 0.819. The van der Waals surface area contributed by atoms with E-state index >= 15 is 0 Å². The highest BCUT2D eigenvalue weighted by molar-refractivity contribution is 6.35. The van der Waals surface area contributed by atoms with Gasteiger partial charge in [0.25, 0.3) is 0 Å². The van der Waals surface area contributed by atoms with Crippen LogP contribution in [-0.4, -0.2) is 11.8 Å². The van der Waals surface area contributed by atoms with Gasteiger partial charge in [-0.3, -0.25) is 4.79 Å². The number of carbonyl (C=O) groups is 1. The SMILES string of the molecule is C[C@@H](NC(=O)CCl)c1ccc(Cl)cc1Cl. The summed E-state index contributed by atoms with van der Waals surface area (Å²) in [5, 5.41) is 3.81. The minimum absolute atomic E-state index is 0.0600. The maximum atomic E-state index is 11.1. The number of benzene rings is 1. The topological polar surface area (TPSA) is 29.1 Å². The van der Waals surface area contributed by atoms with E-state index in [-0.39, 0.29) is 17.8 Å². The van der Waals surface area contributed by atoms with Gasteiger partial charge in [-0.05, 0) is 24.6 Å². The van der Waals surface area contributed by atoms with Crippen LogP contribution in [0.25, 0.3) is 0 Å². The summed E-state index contributed by atoms with van der Waals surface area (Å²) < 4.78 is 0. The van der Waals surface area contributed by atoms with Crippen molar-refractivity contribution >= 4 is 40.7 Å². The van der Waals surface area contributed by atoms with Crippen LogP contribution in [0.1, 0.15) is 18.5 Å². The molecule has 0 saturated heterocycles. The van der Waals surface area contributed by atoms with Crippen molar-refractivity contribution in [3.63, 3.8) is 0 Å². The third kappa shape index (κ3) is 3.56. The van der Waals surface area contributed by atoms with Crippen molar-refractivity contribution in [2.24, 2.45) is 0 Å². The zero-order chi connectivity index (χ0) is 11.4. The van der Waals surface area contributed by atoms with Gasteiger partial charge in [0.05, 0.1) is 6.04 Å². The van der Waals surface area contributed by atoms with Crippen molar-refractivity contribution in [3.05, 3.63) is 33.8 Å². The smallest absolute Gasteiger partial charge is 0.235 e. The lowest BCUT2D eigenvalue weighted by Gasteiger charge is -2.14. The molecule has 1 aromatic carbocycles. The molecule has 1 amide bonds. The molecule has 0 fully saturated rings. The van der Waals surface area contributed by atoms with Crippen LogP contribution >= 0.6 is 34.8 Å². The average Bonchev–Trinajstić information content (AvgIpc) is 2.17. The summed E-state index contributed by atoms with van der Waals surface area (Å²) in [7, 11) is 0. The lowest BCUT2D eigenvalue weighted by molar-refractivity contribution is -0.119. The van der Waals surface area contributed by atoms with E-state index < -0.39 is 0 Å². The van der Waals surface area contributed by atoms with Gasteiger partial charge < -0.3 is 5.32 Å². The van der Waals surface area contributed by atoms with E-state index in [0.717, 1.165) is 5.56 Å². The van der Waals surface area contributed by atoms with Gasteiger partial charge in [0.1, 0.15) is 5.88 Å². The van der Waals surface area contributed by atoms with Gasteiger partial charge in [-0.2, -0.15) is 0 Å². The molecule has 1 aromatic rings. The Balaban J connectivity index is 2.82. The summed E-state index contributed by atoms with van der Waals surface area (Å²) in [6.07, 6.45) is 0. The predicted molar refractivity (Wildman–Crippen MR) is 63.7 cm³/mol. The number of rotatable bonds is 3. The zero-order valence-electron chi connectivity index (χ0n) is 8.06. The van der Waals surface area contributed by atoms with Crippen molar-refractivity contribution in [1.29, 1.82) is 0 Å². The number of hydrogen-bond acceptors (Lipinski definition) is 1. The summed E-state index contributed by atoms with van der Waals surface area (Å²) in [6.45, 7) is 1.83. The Morgan fingerprint density at radius 2 is 2.13 bits per heavy atom. The van der Waals surface area contributed by atoms with Crippen LogP contribution in [0.3, 0.4) is 0 Å². The lowest BCUT2D eigenvalue weighted by atomic mass is 10.1. The number of nitrogens with one attached hydrogen (secondary N) is 1. The fourth-order valence-electron chi connectivity index (χ4n) is 1.21. The molecule has 0 heterocycles. The van der Waals surface area contributed by atoms with E-state index in [0.29, 0.717) is 10.0 Å². The molecule has 0 spiro atoms. The van der Waals surface area contributed by atoms with Crippen LogP contribution in [0.15, 0.2) is 18.2 Å². The third-order valence-electron chi connectivity index (χ3n) is 1.93. The minimum Gasteiger partial charge on any atom is -0.348 e. The second-order valence-electron chi connectivity index (χ2n) is 3.09. The van der Waals surface area contributed by atoms with E-state index in [9.17, 15) is 4.79 Å². The highest BCUT2D eigenvalue weighted by Gasteiger charge is 2.11. The van der Waals surface area contributed by atoms with Crippen molar-refractivity contribution in [3.8, 4) is 0 Å². The average molecular weight is 267 g/mol. The molecule has 1 N–H and O–H groups in total. The Morgan fingerprint density at radius 1 is 1.47 bits per heavy atom. The molecule has 0 aliphatic carbocycles. The minimum atomic E-state index is -0.227. The van der Waals surface area contributed by atoms with Crippen LogP contribution in [0, 0.1) is 0 Å². The number of alkyl halides is 1. The van der Waals surface area contributed by atoms with Crippen LogP contribution < -0.4 is 5.32 Å². The Morgan fingerprint density at radius 3 is 2.67 bits per heavy atom. The first-order chi connectivity index (χ1) is 7.04. The van der Waals surface area contributed by atoms with Gasteiger partial charge in [-0.25, -0.2) is 0 Å². The molecule has 82 valence electrons. The van der Waals surface area contributed by atoms with E-state index in [2.05, 4.69) is 5.32 Å². The van der Waals surface area contributed by atoms with E-state index in [4.69, 9.17) is 34.8 Å². The Bertz CT molecular complexity index is 368. The summed E-state index contributed by atoms with van der Waals surface area (Å²) in [4.78, 5) is 11.1. The maximum absolute atomic E-state index is 11.1. The van der Waals surface area contributed by atoms with Crippen molar-refractivity contribution in [2.75, 3.05) is 5.88 Å². The summed E-state index contributed by atoms with van der Waals surface area (Å²) >= 11 is 17.1. The first-order valence-corrected chi connectivity index (χ1v) is 5.64. The lowest BCUT2D eigenvalue weighted by Crippen LogP contribution is -2.27. The molecule has 2 nitrogen and oxygen atoms in total. The molecular formula is C10H10Cl3NO. The van der Waals surface area contributed by atoms with Crippen LogP contribution in [0.4, 0.5) is 0 Å². The van der Waals surface area contributed by atoms with Crippen molar-refractivity contribution < 1.29 is 4.79 Å². The molecular weight excluding hydrogens is 256 g/mol. The second-order valence-corrected chi connectivity index (χ2v) is 4.20. The number of halogens is 3. The maximum Gasteiger partial charge on any atom is 0.235 e. The normalized spacial score (nSPS) is 12.3. The fraction of sp³-hybridized carbons (Fsp3) is 0.300. The monoisotopic (exact) mass is 265 g/mol. The van der Waals surface area contributed by atoms with Gasteiger partial charge >= 0.3 is 0 Å².